The van der Waals surface area contributed by atoms with Gasteiger partial charge in [-0.05, 0) is 38.4 Å². The van der Waals surface area contributed by atoms with Gasteiger partial charge in [0.25, 0.3) is 5.91 Å². The number of carbonyl (C=O) groups is 1. The van der Waals surface area contributed by atoms with Crippen LogP contribution < -0.4 is 5.43 Å². The molecule has 1 aromatic rings. The summed E-state index contributed by atoms with van der Waals surface area (Å²) in [7, 11) is 0. The third-order valence-corrected chi connectivity index (χ3v) is 3.36. The lowest BCUT2D eigenvalue weighted by Gasteiger charge is -2.25. The second-order valence-electron chi connectivity index (χ2n) is 4.94. The highest BCUT2D eigenvalue weighted by Crippen LogP contribution is 2.07. The molecule has 1 aliphatic rings. The highest BCUT2D eigenvalue weighted by Gasteiger charge is 2.13. The van der Waals surface area contributed by atoms with E-state index in [4.69, 9.17) is 0 Å². The number of hydrogen-bond donors (Lipinski definition) is 1. The van der Waals surface area contributed by atoms with E-state index in [2.05, 4.69) is 15.4 Å². The van der Waals surface area contributed by atoms with Crippen molar-refractivity contribution in [2.45, 2.75) is 26.2 Å². The molecule has 0 saturated carbocycles. The van der Waals surface area contributed by atoms with Gasteiger partial charge >= 0.3 is 0 Å². The van der Waals surface area contributed by atoms with E-state index in [1.165, 1.54) is 19.3 Å². The van der Waals surface area contributed by atoms with E-state index in [1.54, 1.807) is 0 Å². The molecule has 1 amide bonds. The molecule has 0 spiro atoms. The molecular formula is C15H21N3O. The summed E-state index contributed by atoms with van der Waals surface area (Å²) < 4.78 is 0. The second-order valence-corrected chi connectivity index (χ2v) is 4.94. The summed E-state index contributed by atoms with van der Waals surface area (Å²) in [6.07, 6.45) is 3.67. The van der Waals surface area contributed by atoms with E-state index >= 15 is 0 Å². The summed E-state index contributed by atoms with van der Waals surface area (Å²) in [6, 6.07) is 9.85. The molecule has 0 aromatic heterocycles. The zero-order chi connectivity index (χ0) is 13.5. The maximum absolute atomic E-state index is 11.8. The van der Waals surface area contributed by atoms with Gasteiger partial charge in [-0.15, -0.1) is 0 Å². The van der Waals surface area contributed by atoms with Gasteiger partial charge in [0.2, 0.25) is 0 Å². The molecule has 4 nitrogen and oxygen atoms in total. The monoisotopic (exact) mass is 259 g/mol. The number of hydrazone groups is 1. The van der Waals surface area contributed by atoms with Crippen LogP contribution in [0.25, 0.3) is 0 Å². The molecule has 1 fully saturated rings. The predicted octanol–water partition coefficient (Wildman–Crippen LogP) is 2.01. The van der Waals surface area contributed by atoms with Gasteiger partial charge in [-0.25, -0.2) is 5.43 Å². The van der Waals surface area contributed by atoms with Crippen LogP contribution in [0.4, 0.5) is 0 Å². The molecular weight excluding hydrogens is 238 g/mol. The summed E-state index contributed by atoms with van der Waals surface area (Å²) in [5, 5.41) is 4.15. The van der Waals surface area contributed by atoms with E-state index in [1.807, 2.05) is 37.3 Å². The van der Waals surface area contributed by atoms with Gasteiger partial charge in [0.15, 0.2) is 0 Å². The highest BCUT2D eigenvalue weighted by molar-refractivity contribution is 5.99. The zero-order valence-corrected chi connectivity index (χ0v) is 11.4. The second kappa shape index (κ2) is 7.04. The number of nitrogens with zero attached hydrogens (tertiary/aromatic N) is 2. The van der Waals surface area contributed by atoms with Gasteiger partial charge in [-0.1, -0.05) is 36.8 Å². The molecule has 19 heavy (non-hydrogen) atoms. The summed E-state index contributed by atoms with van der Waals surface area (Å²) in [4.78, 5) is 14.0. The average Bonchev–Trinajstić information content (AvgIpc) is 2.47. The van der Waals surface area contributed by atoms with Crippen LogP contribution >= 0.6 is 0 Å². The van der Waals surface area contributed by atoms with Crippen molar-refractivity contribution in [1.29, 1.82) is 0 Å². The maximum atomic E-state index is 11.8. The summed E-state index contributed by atoms with van der Waals surface area (Å²) in [5.41, 5.74) is 4.49. The number of likely N-dealkylation sites (tertiary alicyclic amines) is 1. The first-order valence-electron chi connectivity index (χ1n) is 6.86. The Morgan fingerprint density at radius 2 is 1.89 bits per heavy atom. The van der Waals surface area contributed by atoms with E-state index in [-0.39, 0.29) is 5.91 Å². The third-order valence-electron chi connectivity index (χ3n) is 3.36. The van der Waals surface area contributed by atoms with Crippen LogP contribution in [0.3, 0.4) is 0 Å². The minimum atomic E-state index is -0.0304. The van der Waals surface area contributed by atoms with E-state index in [0.29, 0.717) is 6.54 Å². The molecule has 0 bridgehead atoms. The van der Waals surface area contributed by atoms with Crippen molar-refractivity contribution in [2.24, 2.45) is 5.10 Å². The van der Waals surface area contributed by atoms with Crippen LogP contribution in [0.2, 0.25) is 0 Å². The molecule has 1 aromatic carbocycles. The Morgan fingerprint density at radius 3 is 2.58 bits per heavy atom. The molecule has 4 heteroatoms. The predicted molar refractivity (Wildman–Crippen MR) is 77.1 cm³/mol. The van der Waals surface area contributed by atoms with Crippen LogP contribution in [0.5, 0.6) is 0 Å². The van der Waals surface area contributed by atoms with Crippen molar-refractivity contribution >= 4 is 11.6 Å². The first kappa shape index (κ1) is 13.7. The summed E-state index contributed by atoms with van der Waals surface area (Å²) in [5.74, 6) is -0.0304. The smallest absolute Gasteiger partial charge is 0.254 e. The van der Waals surface area contributed by atoms with Crippen LogP contribution in [0.15, 0.2) is 35.4 Å². The van der Waals surface area contributed by atoms with Crippen LogP contribution in [-0.2, 0) is 4.79 Å². The lowest BCUT2D eigenvalue weighted by atomic mass is 10.1. The molecule has 102 valence electrons. The van der Waals surface area contributed by atoms with Crippen molar-refractivity contribution in [3.8, 4) is 0 Å². The minimum absolute atomic E-state index is 0.0304. The Hall–Kier alpha value is -1.68. The van der Waals surface area contributed by atoms with E-state index < -0.39 is 0 Å². The molecule has 0 radical (unpaired) electrons. The normalized spacial score (nSPS) is 17.2. The number of benzene rings is 1. The van der Waals surface area contributed by atoms with E-state index in [9.17, 15) is 4.79 Å². The molecule has 1 aliphatic heterocycles. The van der Waals surface area contributed by atoms with Gasteiger partial charge in [-0.2, -0.15) is 5.10 Å². The fourth-order valence-corrected chi connectivity index (χ4v) is 2.25. The number of rotatable bonds is 4. The maximum Gasteiger partial charge on any atom is 0.254 e. The number of piperidine rings is 1. The van der Waals surface area contributed by atoms with Crippen LogP contribution in [0, 0.1) is 0 Å². The van der Waals surface area contributed by atoms with Gasteiger partial charge in [0, 0.05) is 0 Å². The number of nitrogens with one attached hydrogen (secondary N) is 1. The topological polar surface area (TPSA) is 44.7 Å². The summed E-state index contributed by atoms with van der Waals surface area (Å²) >= 11 is 0. The first-order valence-corrected chi connectivity index (χ1v) is 6.86. The Balaban J connectivity index is 1.82. The molecule has 1 N–H and O–H groups in total. The lowest BCUT2D eigenvalue weighted by molar-refractivity contribution is -0.122. The van der Waals surface area contributed by atoms with Crippen molar-refractivity contribution < 1.29 is 4.79 Å². The molecule has 1 saturated heterocycles. The highest BCUT2D eigenvalue weighted by atomic mass is 16.2. The van der Waals surface area contributed by atoms with E-state index in [0.717, 1.165) is 24.4 Å². The van der Waals surface area contributed by atoms with Crippen LogP contribution in [-0.4, -0.2) is 36.2 Å². The van der Waals surface area contributed by atoms with Crippen molar-refractivity contribution in [1.82, 2.24) is 10.3 Å². The van der Waals surface area contributed by atoms with Crippen molar-refractivity contribution in [3.05, 3.63) is 35.9 Å². The molecule has 0 aliphatic carbocycles. The Kier molecular flexibility index (Phi) is 5.10. The SMILES string of the molecule is C/C(=N/NC(=O)CN1CCCCC1)c1ccccc1. The number of carbonyl (C=O) groups excluding carboxylic acids is 1. The molecule has 1 heterocycles. The fraction of sp³-hybridized carbons (Fsp3) is 0.467. The molecule has 0 atom stereocenters. The van der Waals surface area contributed by atoms with Gasteiger partial charge in [0.1, 0.15) is 0 Å². The Morgan fingerprint density at radius 1 is 1.21 bits per heavy atom. The Labute approximate surface area is 114 Å². The largest absolute Gasteiger partial charge is 0.294 e. The van der Waals surface area contributed by atoms with Crippen LogP contribution in [0.1, 0.15) is 31.7 Å². The number of hydrogen-bond acceptors (Lipinski definition) is 3. The third kappa shape index (κ3) is 4.48. The number of amides is 1. The van der Waals surface area contributed by atoms with Gasteiger partial charge < -0.3 is 0 Å². The standard InChI is InChI=1S/C15H21N3O/c1-13(14-8-4-2-5-9-14)16-17-15(19)12-18-10-6-3-7-11-18/h2,4-5,8-9H,3,6-7,10-12H2,1H3,(H,17,19)/b16-13-. The lowest BCUT2D eigenvalue weighted by Crippen LogP contribution is -2.38. The first-order chi connectivity index (χ1) is 9.25. The minimum Gasteiger partial charge on any atom is -0.294 e. The Bertz CT molecular complexity index is 436. The van der Waals surface area contributed by atoms with Crippen molar-refractivity contribution in [3.63, 3.8) is 0 Å². The quantitative estimate of drug-likeness (QED) is 0.664. The zero-order valence-electron chi connectivity index (χ0n) is 11.4. The van der Waals surface area contributed by atoms with Gasteiger partial charge in [-0.3, -0.25) is 9.69 Å². The molecule has 0 unspecified atom stereocenters. The van der Waals surface area contributed by atoms with Crippen molar-refractivity contribution in [2.75, 3.05) is 19.6 Å². The molecule has 2 rings (SSSR count). The average molecular weight is 259 g/mol. The fourth-order valence-electron chi connectivity index (χ4n) is 2.25. The van der Waals surface area contributed by atoms with Gasteiger partial charge in [0.05, 0.1) is 12.3 Å². The summed E-state index contributed by atoms with van der Waals surface area (Å²) in [6.45, 7) is 4.39.